The van der Waals surface area contributed by atoms with Gasteiger partial charge in [0.05, 0.1) is 19.3 Å². The van der Waals surface area contributed by atoms with E-state index in [1.807, 2.05) is 18.2 Å². The molecule has 0 atom stereocenters. The standard InChI is InChI=1S/C20H22N4O4/c1-2-27-20(26)18-11-10-16(28-18)13-21-19(25)17-14-24(23-22-17)12-6-9-15-7-4-3-5-8-15/h3-5,7-8,10-11,14H,2,6,9,12-13H2,1H3,(H,21,25). The van der Waals surface area contributed by atoms with Crippen molar-refractivity contribution < 1.29 is 18.7 Å². The second-order valence-corrected chi connectivity index (χ2v) is 6.13. The number of hydrogen-bond donors (Lipinski definition) is 1. The van der Waals surface area contributed by atoms with E-state index in [9.17, 15) is 9.59 Å². The van der Waals surface area contributed by atoms with Gasteiger partial charge in [0, 0.05) is 6.54 Å². The first-order valence-electron chi connectivity index (χ1n) is 9.14. The topological polar surface area (TPSA) is 99.2 Å². The highest BCUT2D eigenvalue weighted by Crippen LogP contribution is 2.09. The second kappa shape index (κ2) is 9.50. The van der Waals surface area contributed by atoms with Crippen LogP contribution in [0.4, 0.5) is 0 Å². The van der Waals surface area contributed by atoms with Gasteiger partial charge in [-0.25, -0.2) is 4.79 Å². The van der Waals surface area contributed by atoms with E-state index in [1.165, 1.54) is 11.6 Å². The monoisotopic (exact) mass is 382 g/mol. The van der Waals surface area contributed by atoms with Crippen LogP contribution < -0.4 is 5.32 Å². The summed E-state index contributed by atoms with van der Waals surface area (Å²) in [7, 11) is 0. The number of nitrogens with zero attached hydrogens (tertiary/aromatic N) is 3. The Bertz CT molecular complexity index is 917. The largest absolute Gasteiger partial charge is 0.460 e. The zero-order chi connectivity index (χ0) is 19.8. The van der Waals surface area contributed by atoms with E-state index in [1.54, 1.807) is 23.9 Å². The third kappa shape index (κ3) is 5.29. The molecule has 0 saturated carbocycles. The molecule has 28 heavy (non-hydrogen) atoms. The summed E-state index contributed by atoms with van der Waals surface area (Å²) < 4.78 is 11.9. The van der Waals surface area contributed by atoms with E-state index in [0.29, 0.717) is 12.3 Å². The lowest BCUT2D eigenvalue weighted by atomic mass is 10.1. The van der Waals surface area contributed by atoms with Crippen LogP contribution in [0.25, 0.3) is 0 Å². The number of esters is 1. The number of furan rings is 1. The van der Waals surface area contributed by atoms with Crippen LogP contribution in [-0.4, -0.2) is 33.5 Å². The van der Waals surface area contributed by atoms with Crippen molar-refractivity contribution in [2.75, 3.05) is 6.61 Å². The van der Waals surface area contributed by atoms with Gasteiger partial charge in [0.25, 0.3) is 5.91 Å². The average molecular weight is 382 g/mol. The van der Waals surface area contributed by atoms with Crippen molar-refractivity contribution in [3.05, 3.63) is 71.4 Å². The van der Waals surface area contributed by atoms with E-state index < -0.39 is 5.97 Å². The van der Waals surface area contributed by atoms with Crippen molar-refractivity contribution in [2.24, 2.45) is 0 Å². The third-order valence-electron chi connectivity index (χ3n) is 4.03. The summed E-state index contributed by atoms with van der Waals surface area (Å²) in [4.78, 5) is 23.8. The maximum Gasteiger partial charge on any atom is 0.374 e. The van der Waals surface area contributed by atoms with E-state index in [2.05, 4.69) is 27.8 Å². The summed E-state index contributed by atoms with van der Waals surface area (Å²) in [6, 6.07) is 13.3. The lowest BCUT2D eigenvalue weighted by Crippen LogP contribution is -2.23. The van der Waals surface area contributed by atoms with Crippen molar-refractivity contribution in [3.63, 3.8) is 0 Å². The van der Waals surface area contributed by atoms with Crippen LogP contribution in [0, 0.1) is 0 Å². The molecule has 1 N–H and O–H groups in total. The molecule has 3 rings (SSSR count). The van der Waals surface area contributed by atoms with E-state index in [0.717, 1.165) is 12.8 Å². The SMILES string of the molecule is CCOC(=O)c1ccc(CNC(=O)c2cn(CCCc3ccccc3)nn2)o1. The number of nitrogens with one attached hydrogen (secondary N) is 1. The molecule has 0 unspecified atom stereocenters. The third-order valence-corrected chi connectivity index (χ3v) is 4.03. The Hall–Kier alpha value is -3.42. The van der Waals surface area contributed by atoms with Gasteiger partial charge in [-0.15, -0.1) is 5.10 Å². The van der Waals surface area contributed by atoms with Gasteiger partial charge in [-0.05, 0) is 37.5 Å². The molecule has 1 aromatic carbocycles. The van der Waals surface area contributed by atoms with Crippen LogP contribution in [0.3, 0.4) is 0 Å². The van der Waals surface area contributed by atoms with Gasteiger partial charge >= 0.3 is 5.97 Å². The molecular formula is C20H22N4O4. The Morgan fingerprint density at radius 2 is 2.00 bits per heavy atom. The van der Waals surface area contributed by atoms with Gasteiger partial charge in [0.1, 0.15) is 5.76 Å². The van der Waals surface area contributed by atoms with Gasteiger partial charge in [0.15, 0.2) is 5.69 Å². The number of carbonyl (C=O) groups is 2. The fourth-order valence-corrected chi connectivity index (χ4v) is 2.64. The fraction of sp³-hybridized carbons (Fsp3) is 0.300. The van der Waals surface area contributed by atoms with Crippen LogP contribution in [0.15, 0.2) is 53.1 Å². The number of ether oxygens (including phenoxy) is 1. The molecule has 0 aliphatic carbocycles. The molecule has 2 heterocycles. The molecule has 1 amide bonds. The van der Waals surface area contributed by atoms with Crippen LogP contribution in [0.2, 0.25) is 0 Å². The molecule has 3 aromatic rings. The number of amides is 1. The predicted octanol–water partition coefficient (Wildman–Crippen LogP) is 2.61. The van der Waals surface area contributed by atoms with E-state index in [-0.39, 0.29) is 30.5 Å². The summed E-state index contributed by atoms with van der Waals surface area (Å²) >= 11 is 0. The highest BCUT2D eigenvalue weighted by molar-refractivity contribution is 5.91. The highest BCUT2D eigenvalue weighted by atomic mass is 16.5. The molecule has 0 aliphatic heterocycles. The molecule has 2 aromatic heterocycles. The fourth-order valence-electron chi connectivity index (χ4n) is 2.64. The smallest absolute Gasteiger partial charge is 0.374 e. The first-order chi connectivity index (χ1) is 13.7. The molecule has 0 aliphatic rings. The summed E-state index contributed by atoms with van der Waals surface area (Å²) in [5.41, 5.74) is 1.50. The van der Waals surface area contributed by atoms with Gasteiger partial charge < -0.3 is 14.5 Å². The number of hydrogen-bond acceptors (Lipinski definition) is 6. The maximum atomic E-state index is 12.2. The molecule has 0 radical (unpaired) electrons. The zero-order valence-electron chi connectivity index (χ0n) is 15.6. The van der Waals surface area contributed by atoms with Gasteiger partial charge in [-0.1, -0.05) is 35.5 Å². The number of aromatic nitrogens is 3. The Morgan fingerprint density at radius 1 is 1.18 bits per heavy atom. The number of rotatable bonds is 9. The molecule has 0 saturated heterocycles. The minimum absolute atomic E-state index is 0.107. The van der Waals surface area contributed by atoms with E-state index >= 15 is 0 Å². The van der Waals surface area contributed by atoms with Crippen LogP contribution in [-0.2, 0) is 24.2 Å². The highest BCUT2D eigenvalue weighted by Gasteiger charge is 2.14. The number of benzene rings is 1. The summed E-state index contributed by atoms with van der Waals surface area (Å²) in [6.45, 7) is 2.80. The van der Waals surface area contributed by atoms with Gasteiger partial charge in [0.2, 0.25) is 5.76 Å². The molecule has 8 nitrogen and oxygen atoms in total. The predicted molar refractivity (Wildman–Crippen MR) is 101 cm³/mol. The lowest BCUT2D eigenvalue weighted by Gasteiger charge is -2.01. The Morgan fingerprint density at radius 3 is 2.79 bits per heavy atom. The summed E-state index contributed by atoms with van der Waals surface area (Å²) in [5, 5.41) is 10.6. The van der Waals surface area contributed by atoms with Crippen molar-refractivity contribution >= 4 is 11.9 Å². The number of carbonyl (C=O) groups excluding carboxylic acids is 2. The second-order valence-electron chi connectivity index (χ2n) is 6.13. The summed E-state index contributed by atoms with van der Waals surface area (Å²) in [5.74, 6) is -0.330. The molecule has 0 bridgehead atoms. The van der Waals surface area contributed by atoms with E-state index in [4.69, 9.17) is 9.15 Å². The van der Waals surface area contributed by atoms with Crippen molar-refractivity contribution in [1.82, 2.24) is 20.3 Å². The van der Waals surface area contributed by atoms with Crippen LogP contribution in [0.5, 0.6) is 0 Å². The Labute approximate surface area is 162 Å². The normalized spacial score (nSPS) is 10.6. The Balaban J connectivity index is 1.45. The van der Waals surface area contributed by atoms with Crippen molar-refractivity contribution in [3.8, 4) is 0 Å². The van der Waals surface area contributed by atoms with Crippen molar-refractivity contribution in [2.45, 2.75) is 32.9 Å². The molecule has 0 spiro atoms. The minimum atomic E-state index is -0.529. The number of aryl methyl sites for hydroxylation is 2. The molecular weight excluding hydrogens is 360 g/mol. The van der Waals surface area contributed by atoms with Gasteiger partial charge in [-0.2, -0.15) is 0 Å². The molecule has 0 fully saturated rings. The van der Waals surface area contributed by atoms with Crippen LogP contribution in [0.1, 0.15) is 45.7 Å². The zero-order valence-corrected chi connectivity index (χ0v) is 15.6. The Kier molecular flexibility index (Phi) is 6.56. The van der Waals surface area contributed by atoms with Crippen LogP contribution >= 0.6 is 0 Å². The van der Waals surface area contributed by atoms with Gasteiger partial charge in [-0.3, -0.25) is 9.48 Å². The lowest BCUT2D eigenvalue weighted by molar-refractivity contribution is 0.0488. The first-order valence-corrected chi connectivity index (χ1v) is 9.14. The maximum absolute atomic E-state index is 12.2. The molecule has 146 valence electrons. The minimum Gasteiger partial charge on any atom is -0.460 e. The molecule has 8 heteroatoms. The quantitative estimate of drug-likeness (QED) is 0.571. The first kappa shape index (κ1) is 19.3. The van der Waals surface area contributed by atoms with Crippen molar-refractivity contribution in [1.29, 1.82) is 0 Å². The average Bonchev–Trinajstić information content (AvgIpc) is 3.37. The summed E-state index contributed by atoms with van der Waals surface area (Å²) in [6.07, 6.45) is 3.45.